The smallest absolute Gasteiger partial charge is 0.145 e. The van der Waals surface area contributed by atoms with Crippen molar-refractivity contribution < 1.29 is 4.42 Å². The topological polar surface area (TPSA) is 21.3 Å². The van der Waals surface area contributed by atoms with E-state index >= 15 is 0 Å². The number of rotatable bonds is 6. The summed E-state index contributed by atoms with van der Waals surface area (Å²) in [5.41, 5.74) is 13.0. The molecule has 0 atom stereocenters. The minimum absolute atomic E-state index is 0.871. The van der Waals surface area contributed by atoms with Crippen molar-refractivity contribution in [3.05, 3.63) is 206 Å². The highest BCUT2D eigenvalue weighted by atomic mass is 32.1. The maximum Gasteiger partial charge on any atom is 0.145 e. The van der Waals surface area contributed by atoms with E-state index in [1.165, 1.54) is 42.0 Å². The molecule has 3 aromatic heterocycles. The lowest BCUT2D eigenvalue weighted by atomic mass is 9.99. The minimum atomic E-state index is 0.871. The molecule has 4 heteroatoms. The van der Waals surface area contributed by atoms with Gasteiger partial charge in [-0.05, 0) is 71.8 Å². The highest BCUT2D eigenvalue weighted by molar-refractivity contribution is 7.26. The fourth-order valence-corrected chi connectivity index (χ4v) is 10.3. The number of hydrogen-bond acceptors (Lipinski definition) is 3. The van der Waals surface area contributed by atoms with Crippen LogP contribution in [0.1, 0.15) is 0 Å². The Bertz CT molecular complexity index is 3480. The molecule has 0 N–H and O–H groups in total. The first-order chi connectivity index (χ1) is 28.8. The second kappa shape index (κ2) is 13.1. The number of nitrogens with zero attached hydrogens (tertiary/aromatic N) is 2. The summed E-state index contributed by atoms with van der Waals surface area (Å²) in [6.07, 6.45) is 0. The van der Waals surface area contributed by atoms with Crippen LogP contribution in [-0.4, -0.2) is 4.57 Å². The van der Waals surface area contributed by atoms with Gasteiger partial charge in [-0.1, -0.05) is 146 Å². The zero-order chi connectivity index (χ0) is 38.2. The number of thiophene rings is 1. The Kier molecular flexibility index (Phi) is 7.40. The largest absolute Gasteiger partial charge is 0.455 e. The number of anilines is 3. The molecule has 0 fully saturated rings. The van der Waals surface area contributed by atoms with Crippen LogP contribution in [0.5, 0.6) is 0 Å². The van der Waals surface area contributed by atoms with Gasteiger partial charge in [0, 0.05) is 48.4 Å². The van der Waals surface area contributed by atoms with E-state index in [9.17, 15) is 0 Å². The van der Waals surface area contributed by atoms with E-state index < -0.39 is 0 Å². The standard InChI is InChI=1S/C54H34N2OS/c1-2-16-35(17-3-1)39-32-33-48(52-44-24-7-12-30-50(44)57-53(39)52)55(49-29-15-25-43-42-23-8-13-31-51(42)58-54(43)49)37-19-14-18-36(34-37)38-20-4-9-26-45(38)56-46-27-10-5-21-40(46)41-22-6-11-28-47(41)56/h1-34H. The van der Waals surface area contributed by atoms with E-state index in [0.29, 0.717) is 0 Å². The first-order valence-corrected chi connectivity index (χ1v) is 20.5. The Morgan fingerprint density at radius 1 is 0.431 bits per heavy atom. The van der Waals surface area contributed by atoms with Gasteiger partial charge in [-0.2, -0.15) is 0 Å². The molecular weight excluding hydrogens is 725 g/mol. The second-order valence-electron chi connectivity index (χ2n) is 14.8. The third-order valence-corrected chi connectivity index (χ3v) is 12.8. The number of aromatic nitrogens is 1. The van der Waals surface area contributed by atoms with Crippen molar-refractivity contribution in [2.45, 2.75) is 0 Å². The van der Waals surface area contributed by atoms with E-state index in [1.54, 1.807) is 0 Å². The van der Waals surface area contributed by atoms with Crippen molar-refractivity contribution in [1.29, 1.82) is 0 Å². The monoisotopic (exact) mass is 758 g/mol. The van der Waals surface area contributed by atoms with Crippen LogP contribution >= 0.6 is 11.3 Å². The van der Waals surface area contributed by atoms with Gasteiger partial charge >= 0.3 is 0 Å². The number of hydrogen-bond donors (Lipinski definition) is 0. The first-order valence-electron chi connectivity index (χ1n) is 19.7. The van der Waals surface area contributed by atoms with Crippen molar-refractivity contribution in [1.82, 2.24) is 4.57 Å². The van der Waals surface area contributed by atoms with Gasteiger partial charge in [0.2, 0.25) is 0 Å². The van der Waals surface area contributed by atoms with Gasteiger partial charge in [-0.25, -0.2) is 0 Å². The summed E-state index contributed by atoms with van der Waals surface area (Å²) in [5.74, 6) is 0. The number of benzene rings is 9. The summed E-state index contributed by atoms with van der Waals surface area (Å²) < 4.78 is 11.8. The van der Waals surface area contributed by atoms with Gasteiger partial charge in [-0.15, -0.1) is 11.3 Å². The molecule has 3 heterocycles. The quantitative estimate of drug-likeness (QED) is 0.168. The van der Waals surface area contributed by atoms with Gasteiger partial charge in [0.05, 0.1) is 38.2 Å². The zero-order valence-electron chi connectivity index (χ0n) is 31.3. The molecule has 0 amide bonds. The maximum absolute atomic E-state index is 6.83. The van der Waals surface area contributed by atoms with Crippen molar-refractivity contribution >= 4 is 92.3 Å². The predicted octanol–water partition coefficient (Wildman–Crippen LogP) is 15.9. The molecule has 0 aliphatic carbocycles. The molecule has 12 aromatic rings. The van der Waals surface area contributed by atoms with Crippen molar-refractivity contribution in [2.24, 2.45) is 0 Å². The van der Waals surface area contributed by atoms with Gasteiger partial charge in [0.15, 0.2) is 0 Å². The molecule has 272 valence electrons. The summed E-state index contributed by atoms with van der Waals surface area (Å²) in [4.78, 5) is 2.46. The fraction of sp³-hybridized carbons (Fsp3) is 0. The molecule has 0 saturated heterocycles. The maximum atomic E-state index is 6.83. The number of para-hydroxylation sites is 4. The third kappa shape index (κ3) is 4.99. The minimum Gasteiger partial charge on any atom is -0.455 e. The van der Waals surface area contributed by atoms with E-state index in [2.05, 4.69) is 216 Å². The molecule has 12 rings (SSSR count). The highest BCUT2D eigenvalue weighted by Crippen LogP contribution is 2.50. The van der Waals surface area contributed by atoms with E-state index in [0.717, 1.165) is 66.9 Å². The van der Waals surface area contributed by atoms with Crippen LogP contribution in [-0.2, 0) is 0 Å². The zero-order valence-corrected chi connectivity index (χ0v) is 32.2. The lowest BCUT2D eigenvalue weighted by Gasteiger charge is -2.28. The van der Waals surface area contributed by atoms with Gasteiger partial charge < -0.3 is 13.9 Å². The summed E-state index contributed by atoms with van der Waals surface area (Å²) in [7, 11) is 0. The van der Waals surface area contributed by atoms with Crippen LogP contribution in [0.4, 0.5) is 17.1 Å². The van der Waals surface area contributed by atoms with Gasteiger partial charge in [0.1, 0.15) is 11.2 Å². The highest BCUT2D eigenvalue weighted by Gasteiger charge is 2.25. The normalized spacial score (nSPS) is 11.8. The molecular formula is C54H34N2OS. The van der Waals surface area contributed by atoms with Crippen LogP contribution in [0.3, 0.4) is 0 Å². The van der Waals surface area contributed by atoms with Gasteiger partial charge in [-0.3, -0.25) is 0 Å². The predicted molar refractivity (Wildman–Crippen MR) is 247 cm³/mol. The Morgan fingerprint density at radius 2 is 1.07 bits per heavy atom. The molecule has 0 radical (unpaired) electrons. The average Bonchev–Trinajstić information content (AvgIpc) is 3.98. The van der Waals surface area contributed by atoms with E-state index in [-0.39, 0.29) is 0 Å². The van der Waals surface area contributed by atoms with E-state index in [1.807, 2.05) is 11.3 Å². The SMILES string of the molecule is c1ccc(-c2ccc(N(c3cccc(-c4ccccc4-n4c5ccccc5c5ccccc54)c3)c3cccc4c3sc3ccccc34)c3c2oc2ccccc23)cc1. The lowest BCUT2D eigenvalue weighted by molar-refractivity contribution is 0.670. The summed E-state index contributed by atoms with van der Waals surface area (Å²) in [6.45, 7) is 0. The molecule has 9 aromatic carbocycles. The second-order valence-corrected chi connectivity index (χ2v) is 15.9. The van der Waals surface area contributed by atoms with Crippen molar-refractivity contribution in [3.63, 3.8) is 0 Å². The molecule has 0 unspecified atom stereocenters. The van der Waals surface area contributed by atoms with Crippen molar-refractivity contribution in [3.8, 4) is 27.9 Å². The summed E-state index contributed by atoms with van der Waals surface area (Å²) in [5, 5.41) is 7.21. The molecule has 0 spiro atoms. The summed E-state index contributed by atoms with van der Waals surface area (Å²) >= 11 is 1.85. The third-order valence-electron chi connectivity index (χ3n) is 11.6. The van der Waals surface area contributed by atoms with Crippen LogP contribution in [0.15, 0.2) is 211 Å². The van der Waals surface area contributed by atoms with Crippen molar-refractivity contribution in [2.75, 3.05) is 4.90 Å². The summed E-state index contributed by atoms with van der Waals surface area (Å²) in [6, 6.07) is 74.3. The number of fused-ring (bicyclic) bond motifs is 9. The Hall–Kier alpha value is -7.40. The lowest BCUT2D eigenvalue weighted by Crippen LogP contribution is -2.11. The van der Waals surface area contributed by atoms with Crippen LogP contribution in [0, 0.1) is 0 Å². The molecule has 0 saturated carbocycles. The molecule has 58 heavy (non-hydrogen) atoms. The molecule has 0 bridgehead atoms. The molecule has 3 nitrogen and oxygen atoms in total. The van der Waals surface area contributed by atoms with Crippen LogP contribution in [0.2, 0.25) is 0 Å². The Morgan fingerprint density at radius 3 is 1.90 bits per heavy atom. The number of furan rings is 1. The Balaban J connectivity index is 1.14. The van der Waals surface area contributed by atoms with Gasteiger partial charge in [0.25, 0.3) is 0 Å². The van der Waals surface area contributed by atoms with Crippen LogP contribution < -0.4 is 4.90 Å². The Labute approximate surface area is 338 Å². The molecule has 0 aliphatic heterocycles. The molecule has 0 aliphatic rings. The fourth-order valence-electron chi connectivity index (χ4n) is 9.07. The van der Waals surface area contributed by atoms with Crippen LogP contribution in [0.25, 0.3) is 91.9 Å². The van der Waals surface area contributed by atoms with E-state index in [4.69, 9.17) is 4.42 Å². The first kappa shape index (κ1) is 32.8. The average molecular weight is 759 g/mol.